The van der Waals surface area contributed by atoms with Gasteiger partial charge in [0.05, 0.1) is 28.8 Å². The number of rotatable bonds is 7. The van der Waals surface area contributed by atoms with Crippen LogP contribution in [0.2, 0.25) is 0 Å². The summed E-state index contributed by atoms with van der Waals surface area (Å²) >= 11 is 2.05. The van der Waals surface area contributed by atoms with Crippen LogP contribution in [0.1, 0.15) is 33.6 Å². The minimum absolute atomic E-state index is 0.0335. The number of hydrogen-bond acceptors (Lipinski definition) is 9. The van der Waals surface area contributed by atoms with Crippen molar-refractivity contribution >= 4 is 58.2 Å². The van der Waals surface area contributed by atoms with E-state index in [0.29, 0.717) is 32.4 Å². The summed E-state index contributed by atoms with van der Waals surface area (Å²) in [6.07, 6.45) is 0. The van der Waals surface area contributed by atoms with Gasteiger partial charge in [-0.1, -0.05) is 53.4 Å². The molecule has 12 heteroatoms. The zero-order chi connectivity index (χ0) is 30.2. The average molecular weight is 616 g/mol. The highest BCUT2D eigenvalue weighted by atomic mass is 32.2. The minimum atomic E-state index is -0.874. The second kappa shape index (κ2) is 11.5. The molecule has 6 rings (SSSR count). The first-order valence-corrected chi connectivity index (χ1v) is 15.2. The normalized spacial score (nSPS) is 19.1. The maximum atomic E-state index is 14.0. The number of imide groups is 1. The lowest BCUT2D eigenvalue weighted by Gasteiger charge is -2.30. The predicted molar refractivity (Wildman–Crippen MR) is 162 cm³/mol. The van der Waals surface area contributed by atoms with Gasteiger partial charge < -0.3 is 15.2 Å². The van der Waals surface area contributed by atoms with Crippen LogP contribution >= 0.6 is 23.1 Å². The van der Waals surface area contributed by atoms with Crippen LogP contribution in [0.3, 0.4) is 0 Å². The van der Waals surface area contributed by atoms with Crippen molar-refractivity contribution in [1.82, 2.24) is 4.57 Å². The van der Waals surface area contributed by atoms with Crippen LogP contribution in [0.25, 0.3) is 0 Å². The number of nitrogens with zero attached hydrogens (tertiary/aromatic N) is 2. The third-order valence-corrected chi connectivity index (χ3v) is 9.90. The fourth-order valence-corrected chi connectivity index (χ4v) is 8.15. The molecule has 2 aliphatic heterocycles. The second-order valence-electron chi connectivity index (χ2n) is 9.95. The van der Waals surface area contributed by atoms with Crippen molar-refractivity contribution in [2.24, 2.45) is 5.92 Å². The number of ether oxygens (including phenoxy) is 1. The Morgan fingerprint density at radius 1 is 0.930 bits per heavy atom. The number of fused-ring (bicyclic) bond motifs is 2. The maximum Gasteiger partial charge on any atom is 0.338 e. The van der Waals surface area contributed by atoms with Gasteiger partial charge in [0.25, 0.3) is 0 Å². The summed E-state index contributed by atoms with van der Waals surface area (Å²) in [4.78, 5) is 67.5. The molecule has 218 valence electrons. The molecule has 10 nitrogen and oxygen atoms in total. The van der Waals surface area contributed by atoms with E-state index in [1.165, 1.54) is 41.0 Å². The first-order chi connectivity index (χ1) is 20.8. The van der Waals surface area contributed by atoms with Gasteiger partial charge in [-0.15, -0.1) is 0 Å². The summed E-state index contributed by atoms with van der Waals surface area (Å²) in [5.41, 5.74) is 1.83. The molecule has 3 heterocycles. The molecule has 43 heavy (non-hydrogen) atoms. The van der Waals surface area contributed by atoms with Gasteiger partial charge in [0.2, 0.25) is 17.7 Å². The van der Waals surface area contributed by atoms with Gasteiger partial charge in [0.1, 0.15) is 17.5 Å². The van der Waals surface area contributed by atoms with Crippen molar-refractivity contribution in [3.63, 3.8) is 0 Å². The molecule has 0 radical (unpaired) electrons. The first-order valence-electron chi connectivity index (χ1n) is 13.5. The highest BCUT2D eigenvalue weighted by molar-refractivity contribution is 8.00. The summed E-state index contributed by atoms with van der Waals surface area (Å²) in [6.45, 7) is 1.64. The maximum absolute atomic E-state index is 14.0. The fourth-order valence-electron chi connectivity index (χ4n) is 5.38. The van der Waals surface area contributed by atoms with E-state index in [9.17, 15) is 29.1 Å². The van der Waals surface area contributed by atoms with Crippen molar-refractivity contribution in [2.75, 3.05) is 16.8 Å². The molecule has 3 aromatic carbocycles. The number of para-hydroxylation sites is 1. The number of phenolic OH excluding ortho intramolecular Hbond substituents is 1. The second-order valence-corrected chi connectivity index (χ2v) is 12.1. The largest absolute Gasteiger partial charge is 0.508 e. The number of anilines is 2. The van der Waals surface area contributed by atoms with E-state index in [1.54, 1.807) is 43.3 Å². The molecule has 0 aliphatic carbocycles. The smallest absolute Gasteiger partial charge is 0.338 e. The molecule has 0 bridgehead atoms. The average Bonchev–Trinajstić information content (AvgIpc) is 3.44. The van der Waals surface area contributed by atoms with Gasteiger partial charge >= 0.3 is 10.8 Å². The van der Waals surface area contributed by atoms with Crippen molar-refractivity contribution < 1.29 is 29.0 Å². The Bertz CT molecular complexity index is 1780. The van der Waals surface area contributed by atoms with Crippen LogP contribution in [0.15, 0.2) is 88.7 Å². The number of amides is 3. The van der Waals surface area contributed by atoms with Crippen LogP contribution in [0.5, 0.6) is 5.75 Å². The minimum Gasteiger partial charge on any atom is -0.508 e. The van der Waals surface area contributed by atoms with Crippen molar-refractivity contribution in [3.8, 4) is 5.75 Å². The molecular formula is C31H25N3O7S2. The highest BCUT2D eigenvalue weighted by Gasteiger charge is 2.56. The Labute approximate surface area is 253 Å². The van der Waals surface area contributed by atoms with E-state index in [4.69, 9.17) is 4.74 Å². The van der Waals surface area contributed by atoms with E-state index >= 15 is 0 Å². The van der Waals surface area contributed by atoms with Crippen molar-refractivity contribution in [1.29, 1.82) is 0 Å². The summed E-state index contributed by atoms with van der Waals surface area (Å²) in [7, 11) is 0. The van der Waals surface area contributed by atoms with E-state index in [-0.39, 0.29) is 23.8 Å². The third-order valence-electron chi connectivity index (χ3n) is 7.30. The molecule has 4 aromatic rings. The molecule has 2 aliphatic rings. The van der Waals surface area contributed by atoms with E-state index in [0.717, 1.165) is 28.0 Å². The van der Waals surface area contributed by atoms with Crippen molar-refractivity contribution in [2.45, 2.75) is 29.7 Å². The number of esters is 1. The number of thioether (sulfide) groups is 1. The van der Waals surface area contributed by atoms with E-state index < -0.39 is 40.8 Å². The van der Waals surface area contributed by atoms with Crippen LogP contribution in [-0.4, -0.2) is 45.2 Å². The summed E-state index contributed by atoms with van der Waals surface area (Å²) < 4.78 is 6.38. The molecule has 0 spiro atoms. The van der Waals surface area contributed by atoms with Gasteiger partial charge in [-0.2, -0.15) is 0 Å². The van der Waals surface area contributed by atoms with Crippen LogP contribution in [0, 0.1) is 5.92 Å². The number of phenols is 1. The number of aromatic nitrogens is 1. The van der Waals surface area contributed by atoms with Gasteiger partial charge in [0.15, 0.2) is 0 Å². The lowest BCUT2D eigenvalue weighted by Crippen LogP contribution is -2.33. The Morgan fingerprint density at radius 3 is 2.30 bits per heavy atom. The van der Waals surface area contributed by atoms with Crippen LogP contribution in [0.4, 0.5) is 11.4 Å². The molecule has 1 fully saturated rings. The monoisotopic (exact) mass is 615 g/mol. The molecule has 0 saturated carbocycles. The summed E-state index contributed by atoms with van der Waals surface area (Å²) in [6, 6.07) is 21.2. The Kier molecular flexibility index (Phi) is 7.63. The number of thiazole rings is 1. The van der Waals surface area contributed by atoms with E-state index in [1.807, 2.05) is 6.07 Å². The van der Waals surface area contributed by atoms with Gasteiger partial charge in [-0.25, -0.2) is 9.69 Å². The summed E-state index contributed by atoms with van der Waals surface area (Å²) in [5.74, 6) is -3.30. The third kappa shape index (κ3) is 5.23. The molecule has 1 aromatic heterocycles. The topological polar surface area (TPSA) is 135 Å². The number of carbonyl (C=O) groups excluding carboxylic acids is 4. The fraction of sp³-hybridized carbons (Fsp3) is 0.194. The highest BCUT2D eigenvalue weighted by Crippen LogP contribution is 2.54. The van der Waals surface area contributed by atoms with E-state index in [2.05, 4.69) is 5.32 Å². The standard InChI is InChI=1S/C31H25N3O7S2/c1-2-41-30(39)18-8-12-20(13-9-18)34-27(37)24-23(17-10-14-21(35)15-11-17)26-29(42-25(24)28(34)38)33(31(40)43-26)16-22(36)32-19-6-4-3-5-7-19/h3-15,23-25,35H,2,16H2,1H3,(H,32,36)/t23-,24?,25?/m0/s1. The Hall–Kier alpha value is -4.68. The van der Waals surface area contributed by atoms with Crippen LogP contribution in [-0.2, 0) is 25.7 Å². The quantitative estimate of drug-likeness (QED) is 0.233. The van der Waals surface area contributed by atoms with Gasteiger partial charge in [0, 0.05) is 16.5 Å². The Balaban J connectivity index is 1.38. The number of aromatic hydroxyl groups is 1. The first kappa shape index (κ1) is 28.4. The molecule has 3 amide bonds. The number of carbonyl (C=O) groups is 4. The van der Waals surface area contributed by atoms with Crippen molar-refractivity contribution in [3.05, 3.63) is 105 Å². The lowest BCUT2D eigenvalue weighted by molar-refractivity contribution is -0.122. The molecule has 1 saturated heterocycles. The molecular weight excluding hydrogens is 590 g/mol. The molecule has 2 unspecified atom stereocenters. The van der Waals surface area contributed by atoms with Gasteiger partial charge in [-0.3, -0.25) is 23.7 Å². The number of hydrogen-bond donors (Lipinski definition) is 2. The number of benzene rings is 3. The van der Waals surface area contributed by atoms with Crippen LogP contribution < -0.4 is 15.1 Å². The number of nitrogens with one attached hydrogen (secondary N) is 1. The Morgan fingerprint density at radius 2 is 1.63 bits per heavy atom. The predicted octanol–water partition coefficient (Wildman–Crippen LogP) is 4.23. The zero-order valence-electron chi connectivity index (χ0n) is 22.8. The van der Waals surface area contributed by atoms with Gasteiger partial charge in [-0.05, 0) is 61.0 Å². The SMILES string of the molecule is CCOC(=O)c1ccc(N2C(=O)C3Sc4c(sc(=O)n4CC(=O)Nc4ccccc4)[C@@H](c4ccc(O)cc4)C3C2=O)cc1. The summed E-state index contributed by atoms with van der Waals surface area (Å²) in [5, 5.41) is 12.3. The lowest BCUT2D eigenvalue weighted by atomic mass is 9.83. The molecule has 3 atom stereocenters. The zero-order valence-corrected chi connectivity index (χ0v) is 24.4. The molecule has 2 N–H and O–H groups in total.